The van der Waals surface area contributed by atoms with Crippen molar-refractivity contribution >= 4 is 11.6 Å². The lowest BCUT2D eigenvalue weighted by Gasteiger charge is -2.17. The van der Waals surface area contributed by atoms with Crippen LogP contribution in [0.4, 0.5) is 0 Å². The van der Waals surface area contributed by atoms with Gasteiger partial charge in [0.1, 0.15) is 0 Å². The lowest BCUT2D eigenvalue weighted by molar-refractivity contribution is 0.518. The van der Waals surface area contributed by atoms with Crippen LogP contribution in [0.1, 0.15) is 36.2 Å². The zero-order chi connectivity index (χ0) is 13.8. The first-order valence-electron chi connectivity index (χ1n) is 6.58. The van der Waals surface area contributed by atoms with Gasteiger partial charge in [-0.25, -0.2) is 0 Å². The predicted molar refractivity (Wildman–Crippen MR) is 79.3 cm³/mol. The van der Waals surface area contributed by atoms with Crippen molar-refractivity contribution in [2.45, 2.75) is 32.9 Å². The third-order valence-corrected chi connectivity index (χ3v) is 3.55. The fourth-order valence-corrected chi connectivity index (χ4v) is 2.48. The average Bonchev–Trinajstić information content (AvgIpc) is 2.69. The Kier molecular flexibility index (Phi) is 4.61. The van der Waals surface area contributed by atoms with Crippen LogP contribution in [-0.4, -0.2) is 9.78 Å². The van der Waals surface area contributed by atoms with Crippen molar-refractivity contribution < 1.29 is 0 Å². The van der Waals surface area contributed by atoms with E-state index >= 15 is 0 Å². The minimum absolute atomic E-state index is 0.318. The third-order valence-electron chi connectivity index (χ3n) is 3.31. The van der Waals surface area contributed by atoms with E-state index in [-0.39, 0.29) is 0 Å². The molecule has 1 atom stereocenters. The quantitative estimate of drug-likeness (QED) is 0.905. The molecule has 0 fully saturated rings. The van der Waals surface area contributed by atoms with Crippen molar-refractivity contribution in [3.05, 3.63) is 52.3 Å². The maximum atomic E-state index is 6.05. The number of benzene rings is 1. The predicted octanol–water partition coefficient (Wildman–Crippen LogP) is 3.62. The van der Waals surface area contributed by atoms with E-state index in [9.17, 15) is 0 Å². The van der Waals surface area contributed by atoms with Crippen LogP contribution in [0.25, 0.3) is 0 Å². The number of nitrogens with one attached hydrogen (secondary N) is 1. The Morgan fingerprint density at radius 2 is 2.21 bits per heavy atom. The number of aromatic nitrogens is 2. The van der Waals surface area contributed by atoms with Crippen LogP contribution in [0.3, 0.4) is 0 Å². The maximum Gasteiger partial charge on any atom is 0.0638 e. The first kappa shape index (κ1) is 14.1. The van der Waals surface area contributed by atoms with Crippen LogP contribution in [0.5, 0.6) is 0 Å². The summed E-state index contributed by atoms with van der Waals surface area (Å²) < 4.78 is 1.85. The van der Waals surface area contributed by atoms with E-state index in [1.54, 1.807) is 0 Å². The lowest BCUT2D eigenvalue weighted by Crippen LogP contribution is -2.20. The van der Waals surface area contributed by atoms with E-state index in [2.05, 4.69) is 29.6 Å². The molecule has 1 aromatic heterocycles. The van der Waals surface area contributed by atoms with E-state index < -0.39 is 0 Å². The highest BCUT2D eigenvalue weighted by molar-refractivity contribution is 6.30. The van der Waals surface area contributed by atoms with Gasteiger partial charge in [0.15, 0.2) is 0 Å². The number of nitrogens with zero attached hydrogens (tertiary/aromatic N) is 2. The first-order chi connectivity index (χ1) is 9.10. The Morgan fingerprint density at radius 1 is 1.42 bits per heavy atom. The van der Waals surface area contributed by atoms with Gasteiger partial charge in [0.2, 0.25) is 0 Å². The molecule has 0 amide bonds. The zero-order valence-corrected chi connectivity index (χ0v) is 12.4. The van der Waals surface area contributed by atoms with Gasteiger partial charge in [-0.05, 0) is 31.0 Å². The van der Waals surface area contributed by atoms with Crippen LogP contribution in [0.15, 0.2) is 30.5 Å². The second kappa shape index (κ2) is 6.22. The molecule has 0 radical (unpaired) electrons. The SMILES string of the molecule is CCC(NCc1cn(C)nc1C)c1cccc(Cl)c1. The first-order valence-corrected chi connectivity index (χ1v) is 6.96. The summed E-state index contributed by atoms with van der Waals surface area (Å²) >= 11 is 6.05. The molecule has 4 heteroatoms. The van der Waals surface area contributed by atoms with Gasteiger partial charge in [0.25, 0.3) is 0 Å². The largest absolute Gasteiger partial charge is 0.306 e. The standard InChI is InChI=1S/C15H20ClN3/c1-4-15(12-6-5-7-14(16)8-12)17-9-13-10-19(3)18-11(13)2/h5-8,10,15,17H,4,9H2,1-3H3. The summed E-state index contributed by atoms with van der Waals surface area (Å²) in [6.07, 6.45) is 3.09. The molecule has 2 rings (SSSR count). The van der Waals surface area contributed by atoms with Gasteiger partial charge in [-0.15, -0.1) is 0 Å². The third kappa shape index (κ3) is 3.58. The van der Waals surface area contributed by atoms with Crippen LogP contribution < -0.4 is 5.32 Å². The molecule has 2 aromatic rings. The summed E-state index contributed by atoms with van der Waals surface area (Å²) in [5.74, 6) is 0. The van der Waals surface area contributed by atoms with Crippen molar-refractivity contribution in [3.8, 4) is 0 Å². The molecule has 1 heterocycles. The lowest BCUT2D eigenvalue weighted by atomic mass is 10.0. The highest BCUT2D eigenvalue weighted by atomic mass is 35.5. The van der Waals surface area contributed by atoms with Crippen molar-refractivity contribution in [2.75, 3.05) is 0 Å². The van der Waals surface area contributed by atoms with E-state index in [4.69, 9.17) is 11.6 Å². The van der Waals surface area contributed by atoms with Gasteiger partial charge < -0.3 is 5.32 Å². The highest BCUT2D eigenvalue weighted by Gasteiger charge is 2.10. The number of hydrogen-bond donors (Lipinski definition) is 1. The number of rotatable bonds is 5. The molecule has 102 valence electrons. The Balaban J connectivity index is 2.06. The molecule has 19 heavy (non-hydrogen) atoms. The summed E-state index contributed by atoms with van der Waals surface area (Å²) in [4.78, 5) is 0. The molecule has 0 aliphatic rings. The van der Waals surface area contributed by atoms with Crippen LogP contribution in [-0.2, 0) is 13.6 Å². The molecule has 0 aliphatic heterocycles. The topological polar surface area (TPSA) is 29.9 Å². The van der Waals surface area contributed by atoms with Crippen LogP contribution in [0.2, 0.25) is 5.02 Å². The molecule has 0 saturated heterocycles. The molecule has 0 spiro atoms. The second-order valence-corrected chi connectivity index (χ2v) is 5.25. The van der Waals surface area contributed by atoms with E-state index in [1.165, 1.54) is 11.1 Å². The van der Waals surface area contributed by atoms with E-state index in [0.717, 1.165) is 23.7 Å². The van der Waals surface area contributed by atoms with Gasteiger partial charge in [-0.1, -0.05) is 30.7 Å². The Morgan fingerprint density at radius 3 is 2.79 bits per heavy atom. The number of aryl methyl sites for hydroxylation is 2. The van der Waals surface area contributed by atoms with Crippen LogP contribution in [0, 0.1) is 6.92 Å². The number of halogens is 1. The highest BCUT2D eigenvalue weighted by Crippen LogP contribution is 2.21. The molecular weight excluding hydrogens is 258 g/mol. The van der Waals surface area contributed by atoms with E-state index in [1.807, 2.05) is 36.9 Å². The Hall–Kier alpha value is -1.32. The fraction of sp³-hybridized carbons (Fsp3) is 0.400. The molecule has 0 bridgehead atoms. The minimum atomic E-state index is 0.318. The van der Waals surface area contributed by atoms with Gasteiger partial charge in [0, 0.05) is 36.4 Å². The smallest absolute Gasteiger partial charge is 0.0638 e. The molecular formula is C15H20ClN3. The molecule has 3 nitrogen and oxygen atoms in total. The molecule has 0 aliphatic carbocycles. The van der Waals surface area contributed by atoms with Gasteiger partial charge >= 0.3 is 0 Å². The average molecular weight is 278 g/mol. The number of hydrogen-bond acceptors (Lipinski definition) is 2. The fourth-order valence-electron chi connectivity index (χ4n) is 2.28. The Labute approximate surface area is 119 Å². The monoisotopic (exact) mass is 277 g/mol. The summed E-state index contributed by atoms with van der Waals surface area (Å²) in [6, 6.07) is 8.36. The maximum absolute atomic E-state index is 6.05. The molecule has 1 unspecified atom stereocenters. The summed E-state index contributed by atoms with van der Waals surface area (Å²) in [7, 11) is 1.95. The van der Waals surface area contributed by atoms with Gasteiger partial charge in [-0.3, -0.25) is 4.68 Å². The molecule has 0 saturated carbocycles. The summed E-state index contributed by atoms with van der Waals surface area (Å²) in [5, 5.41) is 8.72. The van der Waals surface area contributed by atoms with Gasteiger partial charge in [0.05, 0.1) is 5.69 Å². The zero-order valence-electron chi connectivity index (χ0n) is 11.7. The molecule has 1 N–H and O–H groups in total. The van der Waals surface area contributed by atoms with Gasteiger partial charge in [-0.2, -0.15) is 5.10 Å². The minimum Gasteiger partial charge on any atom is -0.306 e. The van der Waals surface area contributed by atoms with Crippen LogP contribution >= 0.6 is 11.6 Å². The second-order valence-electron chi connectivity index (χ2n) is 4.81. The summed E-state index contributed by atoms with van der Waals surface area (Å²) in [6.45, 7) is 5.04. The van der Waals surface area contributed by atoms with Crippen molar-refractivity contribution in [2.24, 2.45) is 7.05 Å². The summed E-state index contributed by atoms with van der Waals surface area (Å²) in [5.41, 5.74) is 3.55. The molecule has 1 aromatic carbocycles. The van der Waals surface area contributed by atoms with Crippen molar-refractivity contribution in [1.29, 1.82) is 0 Å². The van der Waals surface area contributed by atoms with E-state index in [0.29, 0.717) is 6.04 Å². The Bertz CT molecular complexity index is 548. The normalized spacial score (nSPS) is 12.6. The van der Waals surface area contributed by atoms with Crippen molar-refractivity contribution in [1.82, 2.24) is 15.1 Å². The van der Waals surface area contributed by atoms with Crippen molar-refractivity contribution in [3.63, 3.8) is 0 Å².